The van der Waals surface area contributed by atoms with Gasteiger partial charge in [-0.2, -0.15) is 0 Å². The van der Waals surface area contributed by atoms with Gasteiger partial charge < -0.3 is 10.6 Å². The number of nitrogens with one attached hydrogen (secondary N) is 2. The lowest BCUT2D eigenvalue weighted by atomic mass is 9.96. The lowest BCUT2D eigenvalue weighted by Crippen LogP contribution is -2.41. The van der Waals surface area contributed by atoms with E-state index in [1.54, 1.807) is 12.1 Å². The van der Waals surface area contributed by atoms with Crippen molar-refractivity contribution in [3.05, 3.63) is 54.6 Å². The van der Waals surface area contributed by atoms with Gasteiger partial charge >= 0.3 is 0 Å². The molecule has 0 unspecified atom stereocenters. The van der Waals surface area contributed by atoms with Crippen LogP contribution in [0.5, 0.6) is 0 Å². The van der Waals surface area contributed by atoms with E-state index in [1.807, 2.05) is 35.2 Å². The number of benzene rings is 2. The maximum Gasteiger partial charge on any atom is 0.238 e. The van der Waals surface area contributed by atoms with Crippen molar-refractivity contribution in [3.63, 3.8) is 0 Å². The molecule has 0 bridgehead atoms. The molecule has 3 rings (SSSR count). The van der Waals surface area contributed by atoms with E-state index in [1.165, 1.54) is 12.1 Å². The van der Waals surface area contributed by atoms with Gasteiger partial charge in [0.15, 0.2) is 9.84 Å². The van der Waals surface area contributed by atoms with Crippen LogP contribution in [-0.2, 0) is 19.4 Å². The molecule has 2 N–H and O–H groups in total. The SMILES string of the molecule is CS(=O)(=O)c1cccc(NC(=O)CN2CCC(C(=O)Nc3ccccc3)CC2)c1. The minimum Gasteiger partial charge on any atom is -0.326 e. The summed E-state index contributed by atoms with van der Waals surface area (Å²) in [7, 11) is -3.32. The summed E-state index contributed by atoms with van der Waals surface area (Å²) in [5.41, 5.74) is 1.24. The number of sulfone groups is 1. The molecule has 0 aromatic heterocycles. The van der Waals surface area contributed by atoms with Crippen molar-refractivity contribution in [2.45, 2.75) is 17.7 Å². The number of carbonyl (C=O) groups excluding carboxylic acids is 2. The first-order valence-corrected chi connectivity index (χ1v) is 11.4. The molecule has 2 aromatic rings. The molecule has 1 fully saturated rings. The molecule has 1 saturated heterocycles. The molecule has 0 saturated carbocycles. The van der Waals surface area contributed by atoms with E-state index in [-0.39, 0.29) is 29.2 Å². The number of hydrogen-bond donors (Lipinski definition) is 2. The zero-order valence-electron chi connectivity index (χ0n) is 16.3. The Morgan fingerprint density at radius 3 is 2.28 bits per heavy atom. The van der Waals surface area contributed by atoms with Crippen LogP contribution < -0.4 is 10.6 Å². The predicted octanol–water partition coefficient (Wildman–Crippen LogP) is 2.38. The van der Waals surface area contributed by atoms with Gasteiger partial charge in [0.05, 0.1) is 11.4 Å². The highest BCUT2D eigenvalue weighted by Gasteiger charge is 2.26. The maximum absolute atomic E-state index is 12.4. The fourth-order valence-electron chi connectivity index (χ4n) is 3.33. The highest BCUT2D eigenvalue weighted by Crippen LogP contribution is 2.20. The Morgan fingerprint density at radius 1 is 0.966 bits per heavy atom. The second-order valence-corrected chi connectivity index (χ2v) is 9.27. The Balaban J connectivity index is 1.47. The second-order valence-electron chi connectivity index (χ2n) is 7.25. The summed E-state index contributed by atoms with van der Waals surface area (Å²) >= 11 is 0. The average Bonchev–Trinajstić information content (AvgIpc) is 2.69. The van der Waals surface area contributed by atoms with Crippen molar-refractivity contribution in [2.75, 3.05) is 36.5 Å². The van der Waals surface area contributed by atoms with E-state index < -0.39 is 9.84 Å². The van der Waals surface area contributed by atoms with Crippen LogP contribution in [0.2, 0.25) is 0 Å². The summed E-state index contributed by atoms with van der Waals surface area (Å²) in [6, 6.07) is 15.6. The first-order chi connectivity index (χ1) is 13.8. The smallest absolute Gasteiger partial charge is 0.238 e. The van der Waals surface area contributed by atoms with Gasteiger partial charge in [-0.1, -0.05) is 24.3 Å². The Morgan fingerprint density at radius 2 is 1.62 bits per heavy atom. The monoisotopic (exact) mass is 415 g/mol. The first-order valence-electron chi connectivity index (χ1n) is 9.49. The summed E-state index contributed by atoms with van der Waals surface area (Å²) < 4.78 is 23.3. The number of para-hydroxylation sites is 1. The van der Waals surface area contributed by atoms with Crippen molar-refractivity contribution in [1.82, 2.24) is 4.90 Å². The van der Waals surface area contributed by atoms with Gasteiger partial charge in [-0.05, 0) is 56.3 Å². The van der Waals surface area contributed by atoms with Crippen molar-refractivity contribution < 1.29 is 18.0 Å². The number of nitrogens with zero attached hydrogens (tertiary/aromatic N) is 1. The highest BCUT2D eigenvalue weighted by molar-refractivity contribution is 7.90. The molecule has 0 radical (unpaired) electrons. The lowest BCUT2D eigenvalue weighted by molar-refractivity contribution is -0.121. The molecule has 1 aliphatic heterocycles. The normalized spacial score (nSPS) is 15.6. The summed E-state index contributed by atoms with van der Waals surface area (Å²) in [4.78, 5) is 26.9. The van der Waals surface area contributed by atoms with Crippen LogP contribution in [-0.4, -0.2) is 51.0 Å². The van der Waals surface area contributed by atoms with Gasteiger partial charge in [0, 0.05) is 23.5 Å². The van der Waals surface area contributed by atoms with E-state index in [0.29, 0.717) is 31.6 Å². The second kappa shape index (κ2) is 9.19. The molecule has 0 atom stereocenters. The molecule has 29 heavy (non-hydrogen) atoms. The zero-order chi connectivity index (χ0) is 20.9. The molecule has 1 heterocycles. The highest BCUT2D eigenvalue weighted by atomic mass is 32.2. The van der Waals surface area contributed by atoms with Crippen LogP contribution in [0.25, 0.3) is 0 Å². The van der Waals surface area contributed by atoms with Crippen LogP contribution in [0.1, 0.15) is 12.8 Å². The van der Waals surface area contributed by atoms with Crippen molar-refractivity contribution in [1.29, 1.82) is 0 Å². The van der Waals surface area contributed by atoms with Crippen molar-refractivity contribution in [2.24, 2.45) is 5.92 Å². The number of piperidine rings is 1. The molecule has 0 aliphatic carbocycles. The minimum atomic E-state index is -3.32. The third-order valence-electron chi connectivity index (χ3n) is 4.91. The van der Waals surface area contributed by atoms with Crippen LogP contribution in [0.15, 0.2) is 59.5 Å². The molecule has 7 nitrogen and oxygen atoms in total. The van der Waals surface area contributed by atoms with Crippen molar-refractivity contribution >= 4 is 33.0 Å². The third-order valence-corrected chi connectivity index (χ3v) is 6.02. The average molecular weight is 416 g/mol. The zero-order valence-corrected chi connectivity index (χ0v) is 17.1. The van der Waals surface area contributed by atoms with E-state index in [9.17, 15) is 18.0 Å². The molecule has 1 aliphatic rings. The van der Waals surface area contributed by atoms with E-state index in [2.05, 4.69) is 10.6 Å². The Kier molecular flexibility index (Phi) is 6.66. The fourth-order valence-corrected chi connectivity index (χ4v) is 3.99. The van der Waals surface area contributed by atoms with Gasteiger partial charge in [-0.25, -0.2) is 8.42 Å². The van der Waals surface area contributed by atoms with Crippen LogP contribution in [0.4, 0.5) is 11.4 Å². The van der Waals surface area contributed by atoms with E-state index >= 15 is 0 Å². The summed E-state index contributed by atoms with van der Waals surface area (Å²) in [5.74, 6) is -0.262. The minimum absolute atomic E-state index is 0.0119. The summed E-state index contributed by atoms with van der Waals surface area (Å²) in [5, 5.41) is 5.68. The Hall–Kier alpha value is -2.71. The number of anilines is 2. The van der Waals surface area contributed by atoms with Gasteiger partial charge in [-0.3, -0.25) is 14.5 Å². The van der Waals surface area contributed by atoms with Gasteiger partial charge in [0.2, 0.25) is 11.8 Å². The fraction of sp³-hybridized carbons (Fsp3) is 0.333. The number of likely N-dealkylation sites (tertiary alicyclic amines) is 1. The largest absolute Gasteiger partial charge is 0.326 e. The molecule has 2 aromatic carbocycles. The van der Waals surface area contributed by atoms with E-state index in [0.717, 1.165) is 11.9 Å². The number of rotatable bonds is 6. The summed E-state index contributed by atoms with van der Waals surface area (Å²) in [6.45, 7) is 1.52. The van der Waals surface area contributed by atoms with Gasteiger partial charge in [0.1, 0.15) is 0 Å². The summed E-state index contributed by atoms with van der Waals surface area (Å²) in [6.07, 6.45) is 2.51. The molecule has 154 valence electrons. The molecule has 8 heteroatoms. The first kappa shape index (κ1) is 21.0. The van der Waals surface area contributed by atoms with Gasteiger partial charge in [-0.15, -0.1) is 0 Å². The topological polar surface area (TPSA) is 95.6 Å². The number of amides is 2. The number of carbonyl (C=O) groups is 2. The number of hydrogen-bond acceptors (Lipinski definition) is 5. The van der Waals surface area contributed by atoms with Crippen LogP contribution in [0.3, 0.4) is 0 Å². The molecular formula is C21H25N3O4S. The van der Waals surface area contributed by atoms with Gasteiger partial charge in [0.25, 0.3) is 0 Å². The quantitative estimate of drug-likeness (QED) is 0.755. The lowest BCUT2D eigenvalue weighted by Gasteiger charge is -2.30. The Bertz CT molecular complexity index is 968. The van der Waals surface area contributed by atoms with E-state index in [4.69, 9.17) is 0 Å². The van der Waals surface area contributed by atoms with Crippen LogP contribution in [0, 0.1) is 5.92 Å². The van der Waals surface area contributed by atoms with Crippen LogP contribution >= 0.6 is 0 Å². The standard InChI is InChI=1S/C21H25N3O4S/c1-29(27,28)19-9-5-8-18(14-19)22-20(25)15-24-12-10-16(11-13-24)21(26)23-17-6-3-2-4-7-17/h2-9,14,16H,10-13,15H2,1H3,(H,22,25)(H,23,26). The third kappa shape index (κ3) is 6.13. The van der Waals surface area contributed by atoms with Crippen molar-refractivity contribution in [3.8, 4) is 0 Å². The molecule has 0 spiro atoms. The predicted molar refractivity (Wildman–Crippen MR) is 112 cm³/mol. The molecule has 2 amide bonds. The maximum atomic E-state index is 12.4. The molecular weight excluding hydrogens is 390 g/mol. The Labute approximate surface area is 171 Å².